The molecule has 1 aromatic heterocycles. The molecule has 0 aromatic carbocycles. The minimum Gasteiger partial charge on any atom is -0.396 e. The van der Waals surface area contributed by atoms with E-state index in [1.54, 1.807) is 0 Å². The van der Waals surface area contributed by atoms with E-state index in [9.17, 15) is 10.2 Å². The van der Waals surface area contributed by atoms with Gasteiger partial charge in [-0.1, -0.05) is 33.1 Å². The number of aliphatic hydroxyl groups is 2. The molecular formula is C17H30N2O2. The molecule has 1 aliphatic carbocycles. The van der Waals surface area contributed by atoms with Gasteiger partial charge in [0.25, 0.3) is 0 Å². The largest absolute Gasteiger partial charge is 0.396 e. The quantitative estimate of drug-likeness (QED) is 0.813. The molecule has 0 radical (unpaired) electrons. The van der Waals surface area contributed by atoms with Gasteiger partial charge in [-0.15, -0.1) is 0 Å². The molecule has 4 nitrogen and oxygen atoms in total. The highest BCUT2D eigenvalue weighted by molar-refractivity contribution is 5.04. The van der Waals surface area contributed by atoms with Crippen molar-refractivity contribution in [2.45, 2.75) is 64.8 Å². The molecule has 1 heterocycles. The van der Waals surface area contributed by atoms with Crippen molar-refractivity contribution in [3.05, 3.63) is 18.0 Å². The lowest BCUT2D eigenvalue weighted by atomic mass is 9.78. The smallest absolute Gasteiger partial charge is 0.0632 e. The molecule has 0 aliphatic heterocycles. The lowest BCUT2D eigenvalue weighted by Crippen LogP contribution is -2.34. The van der Waals surface area contributed by atoms with Crippen LogP contribution in [0.4, 0.5) is 0 Å². The molecular weight excluding hydrogens is 264 g/mol. The fourth-order valence-corrected chi connectivity index (χ4v) is 3.63. The zero-order valence-corrected chi connectivity index (χ0v) is 13.5. The van der Waals surface area contributed by atoms with Gasteiger partial charge in [0.2, 0.25) is 0 Å². The molecule has 120 valence electrons. The molecule has 21 heavy (non-hydrogen) atoms. The third kappa shape index (κ3) is 4.30. The predicted molar refractivity (Wildman–Crippen MR) is 84.1 cm³/mol. The molecule has 2 N–H and O–H groups in total. The number of aliphatic hydroxyl groups excluding tert-OH is 2. The molecule has 1 aliphatic rings. The Hall–Kier alpha value is -0.870. The van der Waals surface area contributed by atoms with Gasteiger partial charge in [-0.05, 0) is 31.2 Å². The Balaban J connectivity index is 2.05. The summed E-state index contributed by atoms with van der Waals surface area (Å²) in [7, 11) is 0. The first-order chi connectivity index (χ1) is 10.1. The SMILES string of the molecule is CC(C)CC(CO)(CO)Cc1ccn(C2CCCCC2)n1. The van der Waals surface area contributed by atoms with E-state index in [2.05, 4.69) is 30.8 Å². The monoisotopic (exact) mass is 294 g/mol. The fraction of sp³-hybridized carbons (Fsp3) is 0.824. The second kappa shape index (κ2) is 7.41. The topological polar surface area (TPSA) is 58.3 Å². The molecule has 0 saturated heterocycles. The van der Waals surface area contributed by atoms with Crippen LogP contribution in [-0.2, 0) is 6.42 Å². The van der Waals surface area contributed by atoms with E-state index >= 15 is 0 Å². The van der Waals surface area contributed by atoms with E-state index in [1.165, 1.54) is 32.1 Å². The third-order valence-electron chi connectivity index (χ3n) is 4.68. The molecule has 0 spiro atoms. The van der Waals surface area contributed by atoms with Crippen LogP contribution < -0.4 is 0 Å². The van der Waals surface area contributed by atoms with Crippen LogP contribution in [0.1, 0.15) is 64.1 Å². The summed E-state index contributed by atoms with van der Waals surface area (Å²) in [4.78, 5) is 0. The maximum Gasteiger partial charge on any atom is 0.0632 e. The molecule has 2 rings (SSSR count). The average Bonchev–Trinajstić information content (AvgIpc) is 2.95. The van der Waals surface area contributed by atoms with Gasteiger partial charge in [-0.25, -0.2) is 0 Å². The van der Waals surface area contributed by atoms with Crippen molar-refractivity contribution in [3.8, 4) is 0 Å². The van der Waals surface area contributed by atoms with Crippen LogP contribution in [-0.4, -0.2) is 33.2 Å². The van der Waals surface area contributed by atoms with Gasteiger partial charge in [0.15, 0.2) is 0 Å². The maximum absolute atomic E-state index is 9.75. The Bertz CT molecular complexity index is 418. The lowest BCUT2D eigenvalue weighted by Gasteiger charge is -2.31. The summed E-state index contributed by atoms with van der Waals surface area (Å²) < 4.78 is 2.10. The van der Waals surface area contributed by atoms with Gasteiger partial charge in [0.1, 0.15) is 0 Å². The highest BCUT2D eigenvalue weighted by Gasteiger charge is 2.31. The van der Waals surface area contributed by atoms with Crippen molar-refractivity contribution >= 4 is 0 Å². The van der Waals surface area contributed by atoms with Crippen LogP contribution in [0.3, 0.4) is 0 Å². The second-order valence-electron chi connectivity index (χ2n) is 7.17. The maximum atomic E-state index is 9.75. The summed E-state index contributed by atoms with van der Waals surface area (Å²) in [5.74, 6) is 0.449. The van der Waals surface area contributed by atoms with E-state index in [0.717, 1.165) is 12.1 Å². The second-order valence-corrected chi connectivity index (χ2v) is 7.17. The standard InChI is InChI=1S/C17H30N2O2/c1-14(2)10-17(12-20,13-21)11-15-8-9-19(18-15)16-6-4-3-5-7-16/h8-9,14,16,20-21H,3-7,10-13H2,1-2H3. The Morgan fingerprint density at radius 3 is 2.48 bits per heavy atom. The zero-order chi connectivity index (χ0) is 15.3. The molecule has 0 bridgehead atoms. The van der Waals surface area contributed by atoms with Crippen LogP contribution in [0, 0.1) is 11.3 Å². The number of nitrogens with zero attached hydrogens (tertiary/aromatic N) is 2. The van der Waals surface area contributed by atoms with Crippen LogP contribution in [0.15, 0.2) is 12.3 Å². The fourth-order valence-electron chi connectivity index (χ4n) is 3.63. The summed E-state index contributed by atoms with van der Waals surface area (Å²) in [6, 6.07) is 2.59. The summed E-state index contributed by atoms with van der Waals surface area (Å²) >= 11 is 0. The summed E-state index contributed by atoms with van der Waals surface area (Å²) in [6.45, 7) is 4.28. The molecule has 0 amide bonds. The molecule has 4 heteroatoms. The van der Waals surface area contributed by atoms with Gasteiger partial charge in [0.05, 0.1) is 24.9 Å². The van der Waals surface area contributed by atoms with Crippen molar-refractivity contribution < 1.29 is 10.2 Å². The molecule has 1 fully saturated rings. The van der Waals surface area contributed by atoms with E-state index < -0.39 is 5.41 Å². The summed E-state index contributed by atoms with van der Waals surface area (Å²) in [6.07, 6.45) is 9.91. The van der Waals surface area contributed by atoms with Crippen molar-refractivity contribution in [1.29, 1.82) is 0 Å². The first kappa shape index (κ1) is 16.5. The Morgan fingerprint density at radius 2 is 1.90 bits per heavy atom. The van der Waals surface area contributed by atoms with E-state index in [-0.39, 0.29) is 13.2 Å². The lowest BCUT2D eigenvalue weighted by molar-refractivity contribution is 0.0360. The van der Waals surface area contributed by atoms with Gasteiger partial charge in [-0.2, -0.15) is 5.10 Å². The van der Waals surface area contributed by atoms with Crippen molar-refractivity contribution in [3.63, 3.8) is 0 Å². The Labute approximate surface area is 128 Å². The summed E-state index contributed by atoms with van der Waals surface area (Å²) in [5, 5.41) is 24.2. The number of rotatable bonds is 7. The number of aromatic nitrogens is 2. The van der Waals surface area contributed by atoms with E-state index in [0.29, 0.717) is 18.4 Å². The van der Waals surface area contributed by atoms with Gasteiger partial charge in [0, 0.05) is 18.0 Å². The molecule has 0 atom stereocenters. The van der Waals surface area contributed by atoms with Crippen molar-refractivity contribution in [2.75, 3.05) is 13.2 Å². The van der Waals surface area contributed by atoms with Crippen LogP contribution >= 0.6 is 0 Å². The Morgan fingerprint density at radius 1 is 1.24 bits per heavy atom. The van der Waals surface area contributed by atoms with Crippen molar-refractivity contribution in [2.24, 2.45) is 11.3 Å². The van der Waals surface area contributed by atoms with Crippen LogP contribution in [0.5, 0.6) is 0 Å². The number of hydrogen-bond donors (Lipinski definition) is 2. The molecule has 0 unspecified atom stereocenters. The van der Waals surface area contributed by atoms with Gasteiger partial charge in [-0.3, -0.25) is 4.68 Å². The highest BCUT2D eigenvalue weighted by Crippen LogP contribution is 2.31. The average molecular weight is 294 g/mol. The zero-order valence-electron chi connectivity index (χ0n) is 13.5. The summed E-state index contributed by atoms with van der Waals surface area (Å²) in [5.41, 5.74) is 0.546. The Kier molecular flexibility index (Phi) is 5.82. The first-order valence-electron chi connectivity index (χ1n) is 8.34. The first-order valence-corrected chi connectivity index (χ1v) is 8.34. The molecule has 1 saturated carbocycles. The number of hydrogen-bond acceptors (Lipinski definition) is 3. The minimum atomic E-state index is -0.445. The van der Waals surface area contributed by atoms with Gasteiger partial charge < -0.3 is 10.2 Å². The van der Waals surface area contributed by atoms with Crippen LogP contribution in [0.25, 0.3) is 0 Å². The highest BCUT2D eigenvalue weighted by atomic mass is 16.3. The predicted octanol–water partition coefficient (Wildman–Crippen LogP) is 2.95. The van der Waals surface area contributed by atoms with Gasteiger partial charge >= 0.3 is 0 Å². The van der Waals surface area contributed by atoms with Crippen molar-refractivity contribution in [1.82, 2.24) is 9.78 Å². The van der Waals surface area contributed by atoms with E-state index in [4.69, 9.17) is 5.10 Å². The normalized spacial score (nSPS) is 17.6. The van der Waals surface area contributed by atoms with E-state index in [1.807, 2.05) is 0 Å². The third-order valence-corrected chi connectivity index (χ3v) is 4.68. The minimum absolute atomic E-state index is 0.0119. The van der Waals surface area contributed by atoms with Crippen LogP contribution in [0.2, 0.25) is 0 Å². The molecule has 1 aromatic rings.